The molecule has 2 amide bonds. The van der Waals surface area contributed by atoms with E-state index in [4.69, 9.17) is 44.3 Å². The van der Waals surface area contributed by atoms with E-state index in [-0.39, 0.29) is 21.5 Å². The van der Waals surface area contributed by atoms with E-state index in [0.29, 0.717) is 28.5 Å². The average Bonchev–Trinajstić information content (AvgIpc) is 2.84. The normalized spacial score (nSPS) is 10.6. The molecule has 0 saturated carbocycles. The molecule has 8 nitrogen and oxygen atoms in total. The highest BCUT2D eigenvalue weighted by Gasteiger charge is 2.16. The summed E-state index contributed by atoms with van der Waals surface area (Å²) in [4.78, 5) is 36.5. The quantitative estimate of drug-likeness (QED) is 0.140. The summed E-state index contributed by atoms with van der Waals surface area (Å²) in [5.74, 6) is -2.09. The largest absolute Gasteiger partial charge is 0.490 e. The highest BCUT2D eigenvalue weighted by Crippen LogP contribution is 2.30. The molecule has 180 valence electrons. The third-order valence-corrected chi connectivity index (χ3v) is 5.41. The molecule has 0 heterocycles. The fourth-order valence-corrected chi connectivity index (χ4v) is 3.17. The number of hydrogen-bond donors (Lipinski definition) is 2. The minimum absolute atomic E-state index is 0.110. The van der Waals surface area contributed by atoms with Crippen LogP contribution in [-0.4, -0.2) is 30.6 Å². The first-order valence-corrected chi connectivity index (χ1v) is 11.2. The predicted molar refractivity (Wildman–Crippen MR) is 135 cm³/mol. The molecule has 3 rings (SSSR count). The number of ether oxygens (including phenoxy) is 2. The zero-order valence-electron chi connectivity index (χ0n) is 18.2. The van der Waals surface area contributed by atoms with E-state index in [0.717, 1.165) is 0 Å². The van der Waals surface area contributed by atoms with E-state index in [2.05, 4.69) is 15.8 Å². The summed E-state index contributed by atoms with van der Waals surface area (Å²) in [6.07, 6.45) is 1.30. The highest BCUT2D eigenvalue weighted by molar-refractivity contribution is 6.45. The van der Waals surface area contributed by atoms with Crippen molar-refractivity contribution in [2.24, 2.45) is 5.10 Å². The first-order chi connectivity index (χ1) is 16.8. The number of carbonyl (C=O) groups is 3. The third kappa shape index (κ3) is 7.19. The smallest absolute Gasteiger partial charge is 0.343 e. The van der Waals surface area contributed by atoms with Gasteiger partial charge in [0.05, 0.1) is 34.1 Å². The second kappa shape index (κ2) is 12.2. The fraction of sp³-hybridized carbons (Fsp3) is 0.0833. The maximum Gasteiger partial charge on any atom is 0.343 e. The summed E-state index contributed by atoms with van der Waals surface area (Å²) < 4.78 is 11.0. The van der Waals surface area contributed by atoms with Crippen molar-refractivity contribution in [1.82, 2.24) is 5.43 Å². The predicted octanol–water partition coefficient (Wildman–Crippen LogP) is 5.35. The Morgan fingerprint density at radius 3 is 2.40 bits per heavy atom. The van der Waals surface area contributed by atoms with E-state index in [1.54, 1.807) is 55.5 Å². The van der Waals surface area contributed by atoms with Crippen molar-refractivity contribution < 1.29 is 23.9 Å². The maximum atomic E-state index is 12.4. The number of rotatable bonds is 7. The summed E-state index contributed by atoms with van der Waals surface area (Å²) >= 11 is 17.7. The summed E-state index contributed by atoms with van der Waals surface area (Å²) in [5, 5.41) is 6.96. The zero-order chi connectivity index (χ0) is 25.4. The number of anilines is 1. The van der Waals surface area contributed by atoms with Crippen LogP contribution >= 0.6 is 34.8 Å². The molecule has 0 unspecified atom stereocenters. The molecule has 3 aromatic rings. The number of nitrogens with zero attached hydrogens (tertiary/aromatic N) is 1. The Morgan fingerprint density at radius 2 is 1.69 bits per heavy atom. The molecule has 0 saturated heterocycles. The van der Waals surface area contributed by atoms with Crippen LogP contribution in [0, 0.1) is 0 Å². The lowest BCUT2D eigenvalue weighted by molar-refractivity contribution is -0.136. The van der Waals surface area contributed by atoms with Crippen molar-refractivity contribution in [1.29, 1.82) is 0 Å². The van der Waals surface area contributed by atoms with Crippen LogP contribution in [0.15, 0.2) is 65.8 Å². The van der Waals surface area contributed by atoms with Gasteiger partial charge in [-0.25, -0.2) is 10.2 Å². The van der Waals surface area contributed by atoms with Crippen LogP contribution < -0.4 is 20.2 Å². The average molecular weight is 535 g/mol. The number of halogens is 3. The molecule has 3 aromatic carbocycles. The minimum atomic E-state index is -1.02. The van der Waals surface area contributed by atoms with Crippen LogP contribution in [0.2, 0.25) is 15.1 Å². The van der Waals surface area contributed by atoms with Gasteiger partial charge in [-0.3, -0.25) is 9.59 Å². The van der Waals surface area contributed by atoms with Crippen LogP contribution in [-0.2, 0) is 9.59 Å². The molecule has 0 radical (unpaired) electrons. The Morgan fingerprint density at radius 1 is 0.943 bits per heavy atom. The molecule has 0 bridgehead atoms. The second-order valence-corrected chi connectivity index (χ2v) is 8.01. The van der Waals surface area contributed by atoms with Gasteiger partial charge in [0.15, 0.2) is 11.5 Å². The Bertz CT molecular complexity index is 1280. The summed E-state index contributed by atoms with van der Waals surface area (Å²) in [6.45, 7) is 2.09. The summed E-state index contributed by atoms with van der Waals surface area (Å²) in [7, 11) is 0. The van der Waals surface area contributed by atoms with Gasteiger partial charge in [0, 0.05) is 5.02 Å². The molecule has 0 fully saturated rings. The molecule has 35 heavy (non-hydrogen) atoms. The van der Waals surface area contributed by atoms with Gasteiger partial charge in [-0.1, -0.05) is 40.9 Å². The topological polar surface area (TPSA) is 106 Å². The molecule has 0 aliphatic carbocycles. The SMILES string of the molecule is CCOc1cc(/C=N/NC(=O)C(=O)Nc2cccc(Cl)c2Cl)ccc1OC(=O)c1ccc(Cl)cc1. The Labute approximate surface area is 215 Å². The number of nitrogens with one attached hydrogen (secondary N) is 2. The molecule has 0 spiro atoms. The van der Waals surface area contributed by atoms with Crippen LogP contribution in [0.25, 0.3) is 0 Å². The van der Waals surface area contributed by atoms with Gasteiger partial charge in [-0.15, -0.1) is 0 Å². The molecule has 0 aromatic heterocycles. The Balaban J connectivity index is 1.64. The van der Waals surface area contributed by atoms with Gasteiger partial charge in [0.1, 0.15) is 0 Å². The van der Waals surface area contributed by atoms with Gasteiger partial charge in [-0.05, 0) is 67.1 Å². The second-order valence-electron chi connectivity index (χ2n) is 6.79. The van der Waals surface area contributed by atoms with Crippen molar-refractivity contribution in [3.63, 3.8) is 0 Å². The van der Waals surface area contributed by atoms with Gasteiger partial charge in [0.25, 0.3) is 0 Å². The molecule has 0 atom stereocenters. The van der Waals surface area contributed by atoms with Gasteiger partial charge in [0.2, 0.25) is 0 Å². The van der Waals surface area contributed by atoms with Crippen molar-refractivity contribution in [3.05, 3.63) is 86.9 Å². The molecule has 0 aliphatic rings. The lowest BCUT2D eigenvalue weighted by Crippen LogP contribution is -2.32. The molecule has 0 aliphatic heterocycles. The lowest BCUT2D eigenvalue weighted by Gasteiger charge is -2.11. The monoisotopic (exact) mass is 533 g/mol. The third-order valence-electron chi connectivity index (χ3n) is 4.34. The van der Waals surface area contributed by atoms with Crippen LogP contribution in [0.4, 0.5) is 5.69 Å². The molecular formula is C24H18Cl3N3O5. The summed E-state index contributed by atoms with van der Waals surface area (Å²) in [5.41, 5.74) is 3.14. The van der Waals surface area contributed by atoms with E-state index in [1.807, 2.05) is 0 Å². The van der Waals surface area contributed by atoms with Crippen LogP contribution in [0.3, 0.4) is 0 Å². The molecular weight excluding hydrogens is 517 g/mol. The number of amides is 2. The van der Waals surface area contributed by atoms with Crippen LogP contribution in [0.5, 0.6) is 11.5 Å². The van der Waals surface area contributed by atoms with Crippen LogP contribution in [0.1, 0.15) is 22.8 Å². The number of hydrogen-bond acceptors (Lipinski definition) is 6. The van der Waals surface area contributed by atoms with Crippen molar-refractivity contribution in [3.8, 4) is 11.5 Å². The number of hydrazone groups is 1. The van der Waals surface area contributed by atoms with Crippen molar-refractivity contribution >= 4 is 64.5 Å². The Hall–Kier alpha value is -3.59. The van der Waals surface area contributed by atoms with Crippen molar-refractivity contribution in [2.75, 3.05) is 11.9 Å². The number of carbonyl (C=O) groups excluding carboxylic acids is 3. The highest BCUT2D eigenvalue weighted by atomic mass is 35.5. The first kappa shape index (κ1) is 26.0. The van der Waals surface area contributed by atoms with Crippen molar-refractivity contribution in [2.45, 2.75) is 6.92 Å². The fourth-order valence-electron chi connectivity index (χ4n) is 2.70. The standard InChI is InChI=1S/C24H18Cl3N3O5/c1-2-34-20-12-14(6-11-19(20)35-24(33)15-7-9-16(25)10-8-15)13-28-30-23(32)22(31)29-18-5-3-4-17(26)21(18)27/h3-13H,2H2,1H3,(H,29,31)(H,30,32)/b28-13+. The van der Waals surface area contributed by atoms with Gasteiger partial charge in [-0.2, -0.15) is 5.10 Å². The van der Waals surface area contributed by atoms with Gasteiger partial charge >= 0.3 is 17.8 Å². The first-order valence-electron chi connectivity index (χ1n) is 10.1. The molecule has 2 N–H and O–H groups in total. The minimum Gasteiger partial charge on any atom is -0.490 e. The maximum absolute atomic E-state index is 12.4. The number of benzene rings is 3. The van der Waals surface area contributed by atoms with Gasteiger partial charge < -0.3 is 14.8 Å². The Kier molecular flexibility index (Phi) is 9.08. The molecule has 11 heteroatoms. The number of esters is 1. The zero-order valence-corrected chi connectivity index (χ0v) is 20.4. The lowest BCUT2D eigenvalue weighted by atomic mass is 10.2. The van der Waals surface area contributed by atoms with E-state index < -0.39 is 17.8 Å². The van der Waals surface area contributed by atoms with E-state index in [1.165, 1.54) is 18.3 Å². The van der Waals surface area contributed by atoms with E-state index >= 15 is 0 Å². The van der Waals surface area contributed by atoms with E-state index in [9.17, 15) is 14.4 Å². The summed E-state index contributed by atoms with van der Waals surface area (Å²) in [6, 6.07) is 15.6.